The molecule has 0 N–H and O–H groups in total. The van der Waals surface area contributed by atoms with E-state index in [1.54, 1.807) is 13.0 Å². The van der Waals surface area contributed by atoms with E-state index in [0.29, 0.717) is 5.56 Å². The molecule has 2 rings (SSSR count). The second-order valence-corrected chi connectivity index (χ2v) is 3.65. The van der Waals surface area contributed by atoms with Gasteiger partial charge in [0.05, 0.1) is 5.56 Å². The summed E-state index contributed by atoms with van der Waals surface area (Å²) < 4.78 is 37.2. The lowest BCUT2D eigenvalue weighted by Gasteiger charge is -2.36. The summed E-state index contributed by atoms with van der Waals surface area (Å²) >= 11 is 0. The molecule has 1 unspecified atom stereocenters. The van der Waals surface area contributed by atoms with Crippen molar-refractivity contribution in [3.05, 3.63) is 35.4 Å². The topological polar surface area (TPSA) is 18.5 Å². The fraction of sp³-hybridized carbons (Fsp3) is 0.400. The smallest absolute Gasteiger partial charge is 0.232 e. The summed E-state index contributed by atoms with van der Waals surface area (Å²) in [6, 6.07) is 5.08. The van der Waals surface area contributed by atoms with Crippen LogP contribution in [0, 0.1) is 0 Å². The summed E-state index contributed by atoms with van der Waals surface area (Å²) in [4.78, 5) is 9.34. The van der Waals surface area contributed by atoms with Gasteiger partial charge in [-0.1, -0.05) is 12.1 Å². The molecule has 0 spiro atoms. The van der Waals surface area contributed by atoms with Crippen LogP contribution in [0.4, 0.5) is 13.2 Å². The van der Waals surface area contributed by atoms with Gasteiger partial charge in [-0.25, -0.2) is 9.78 Å². The zero-order valence-electron chi connectivity index (χ0n) is 7.97. The summed E-state index contributed by atoms with van der Waals surface area (Å²) in [6.07, 6.45) is -4.32. The van der Waals surface area contributed by atoms with Crippen LogP contribution in [0.5, 0.6) is 0 Å². The van der Waals surface area contributed by atoms with Crippen LogP contribution < -0.4 is 0 Å². The Morgan fingerprint density at radius 2 is 2.00 bits per heavy atom. The number of benzene rings is 1. The first-order chi connectivity index (χ1) is 6.92. The number of rotatable bonds is 1. The van der Waals surface area contributed by atoms with Gasteiger partial charge in [-0.05, 0) is 24.6 Å². The van der Waals surface area contributed by atoms with Crippen molar-refractivity contribution < 1.29 is 22.9 Å². The minimum atomic E-state index is -4.32. The van der Waals surface area contributed by atoms with Crippen molar-refractivity contribution in [2.75, 3.05) is 6.61 Å². The quantitative estimate of drug-likeness (QED) is 0.675. The van der Waals surface area contributed by atoms with Crippen molar-refractivity contribution in [2.24, 2.45) is 0 Å². The van der Waals surface area contributed by atoms with E-state index in [1.807, 2.05) is 0 Å². The first-order valence-corrected chi connectivity index (χ1v) is 4.40. The van der Waals surface area contributed by atoms with Gasteiger partial charge in [0.2, 0.25) is 0 Å². The van der Waals surface area contributed by atoms with Crippen LogP contribution in [0.15, 0.2) is 24.3 Å². The van der Waals surface area contributed by atoms with E-state index < -0.39 is 17.3 Å². The second kappa shape index (κ2) is 3.21. The first kappa shape index (κ1) is 10.4. The Bertz CT molecular complexity index is 369. The van der Waals surface area contributed by atoms with E-state index in [1.165, 1.54) is 6.07 Å². The maximum absolute atomic E-state index is 12.4. The molecule has 15 heavy (non-hydrogen) atoms. The number of hydrogen-bond acceptors (Lipinski definition) is 2. The molecule has 0 saturated carbocycles. The fourth-order valence-electron chi connectivity index (χ4n) is 1.39. The van der Waals surface area contributed by atoms with E-state index in [2.05, 4.69) is 4.89 Å². The van der Waals surface area contributed by atoms with E-state index in [0.717, 1.165) is 12.1 Å². The number of hydrogen-bond donors (Lipinski definition) is 0. The van der Waals surface area contributed by atoms with E-state index in [4.69, 9.17) is 4.89 Å². The van der Waals surface area contributed by atoms with Crippen molar-refractivity contribution in [1.82, 2.24) is 0 Å². The maximum atomic E-state index is 12.4. The zero-order chi connectivity index (χ0) is 11.1. The molecule has 1 saturated heterocycles. The fourth-order valence-corrected chi connectivity index (χ4v) is 1.39. The first-order valence-electron chi connectivity index (χ1n) is 4.40. The molecule has 1 aliphatic rings. The zero-order valence-corrected chi connectivity index (χ0v) is 7.97. The Morgan fingerprint density at radius 3 is 2.47 bits per heavy atom. The standard InChI is InChI=1S/C10H9F3O2/c1-9(6-14-15-9)7-3-2-4-8(5-7)10(11,12)13/h2-5H,6H2,1H3. The van der Waals surface area contributed by atoms with Crippen LogP contribution in [0.25, 0.3) is 0 Å². The van der Waals surface area contributed by atoms with Gasteiger partial charge in [0, 0.05) is 0 Å². The maximum Gasteiger partial charge on any atom is 0.416 e. The summed E-state index contributed by atoms with van der Waals surface area (Å²) in [5, 5.41) is 0. The SMILES string of the molecule is CC1(c2cccc(C(F)(F)F)c2)COO1. The lowest BCUT2D eigenvalue weighted by atomic mass is 9.94. The van der Waals surface area contributed by atoms with Crippen LogP contribution in [0.3, 0.4) is 0 Å². The van der Waals surface area contributed by atoms with Crippen LogP contribution >= 0.6 is 0 Å². The monoisotopic (exact) mass is 218 g/mol. The Morgan fingerprint density at radius 1 is 1.33 bits per heavy atom. The molecule has 2 nitrogen and oxygen atoms in total. The third kappa shape index (κ3) is 1.85. The highest BCUT2D eigenvalue weighted by Gasteiger charge is 2.40. The Hall–Kier alpha value is -1.07. The van der Waals surface area contributed by atoms with Crippen LogP contribution in [-0.4, -0.2) is 6.61 Å². The predicted molar refractivity (Wildman–Crippen MR) is 45.8 cm³/mol. The van der Waals surface area contributed by atoms with Gasteiger partial charge in [0.25, 0.3) is 0 Å². The van der Waals surface area contributed by atoms with Gasteiger partial charge >= 0.3 is 6.18 Å². The Kier molecular flexibility index (Phi) is 2.24. The van der Waals surface area contributed by atoms with Gasteiger partial charge in [0.1, 0.15) is 6.61 Å². The molecule has 0 aliphatic carbocycles. The molecule has 82 valence electrons. The second-order valence-electron chi connectivity index (χ2n) is 3.65. The third-order valence-corrected chi connectivity index (χ3v) is 2.38. The van der Waals surface area contributed by atoms with Crippen molar-refractivity contribution in [2.45, 2.75) is 18.7 Å². The third-order valence-electron chi connectivity index (χ3n) is 2.38. The highest BCUT2D eigenvalue weighted by Crippen LogP contribution is 2.36. The molecule has 0 aromatic heterocycles. The van der Waals surface area contributed by atoms with Crippen molar-refractivity contribution in [1.29, 1.82) is 0 Å². The molecule has 1 aromatic rings. The van der Waals surface area contributed by atoms with E-state index in [-0.39, 0.29) is 6.61 Å². The van der Waals surface area contributed by atoms with Gasteiger partial charge in [-0.3, -0.25) is 0 Å². The lowest BCUT2D eigenvalue weighted by Crippen LogP contribution is -2.41. The van der Waals surface area contributed by atoms with Crippen molar-refractivity contribution in [3.63, 3.8) is 0 Å². The summed E-state index contributed by atoms with van der Waals surface area (Å²) in [7, 11) is 0. The summed E-state index contributed by atoms with van der Waals surface area (Å²) in [5.74, 6) is 0. The average molecular weight is 218 g/mol. The van der Waals surface area contributed by atoms with Gasteiger partial charge in [-0.15, -0.1) is 0 Å². The molecule has 1 fully saturated rings. The Labute approximate surface area is 84.5 Å². The highest BCUT2D eigenvalue weighted by atomic mass is 19.4. The van der Waals surface area contributed by atoms with Gasteiger partial charge in [0.15, 0.2) is 5.60 Å². The molecule has 0 radical (unpaired) electrons. The minimum absolute atomic E-state index is 0.272. The largest absolute Gasteiger partial charge is 0.416 e. The van der Waals surface area contributed by atoms with E-state index in [9.17, 15) is 13.2 Å². The molecular weight excluding hydrogens is 209 g/mol. The highest BCUT2D eigenvalue weighted by molar-refractivity contribution is 5.30. The van der Waals surface area contributed by atoms with Crippen LogP contribution in [0.2, 0.25) is 0 Å². The summed E-state index contributed by atoms with van der Waals surface area (Å²) in [6.45, 7) is 1.96. The molecular formula is C10H9F3O2. The molecule has 0 bridgehead atoms. The Balaban J connectivity index is 2.35. The van der Waals surface area contributed by atoms with Gasteiger partial charge < -0.3 is 0 Å². The molecule has 5 heteroatoms. The van der Waals surface area contributed by atoms with Crippen molar-refractivity contribution >= 4 is 0 Å². The average Bonchev–Trinajstić information content (AvgIpc) is 2.13. The van der Waals surface area contributed by atoms with Gasteiger partial charge in [-0.2, -0.15) is 13.2 Å². The van der Waals surface area contributed by atoms with E-state index >= 15 is 0 Å². The van der Waals surface area contributed by atoms with Crippen LogP contribution in [-0.2, 0) is 21.6 Å². The molecule has 0 amide bonds. The van der Waals surface area contributed by atoms with Crippen molar-refractivity contribution in [3.8, 4) is 0 Å². The molecule has 1 aliphatic heterocycles. The lowest BCUT2D eigenvalue weighted by molar-refractivity contribution is -0.473. The minimum Gasteiger partial charge on any atom is -0.232 e. The predicted octanol–water partition coefficient (Wildman–Crippen LogP) is 2.88. The molecule has 1 atom stereocenters. The number of alkyl halides is 3. The number of halogens is 3. The molecule has 1 heterocycles. The molecule has 1 aromatic carbocycles. The normalized spacial score (nSPS) is 26.1. The summed E-state index contributed by atoms with van der Waals surface area (Å²) in [5.41, 5.74) is -0.943. The van der Waals surface area contributed by atoms with Crippen LogP contribution in [0.1, 0.15) is 18.1 Å².